The van der Waals surface area contributed by atoms with E-state index in [1.807, 2.05) is 38.1 Å². The van der Waals surface area contributed by atoms with Crippen molar-refractivity contribution in [2.24, 2.45) is 0 Å². The number of ketones is 1. The first-order chi connectivity index (χ1) is 9.08. The number of Topliss-reactive ketones (excluding diaryl/α,β-unsaturated/α-hetero) is 1. The number of ether oxygens (including phenoxy) is 2. The summed E-state index contributed by atoms with van der Waals surface area (Å²) in [5.74, 6) is 0.533. The molecule has 1 rings (SSSR count). The number of benzene rings is 1. The van der Waals surface area contributed by atoms with Crippen molar-refractivity contribution in [3.05, 3.63) is 35.4 Å². The predicted octanol–water partition coefficient (Wildman–Crippen LogP) is 3.78. The van der Waals surface area contributed by atoms with Gasteiger partial charge in [-0.05, 0) is 25.3 Å². The van der Waals surface area contributed by atoms with E-state index in [9.17, 15) is 4.79 Å². The Balaban J connectivity index is 2.65. The standard InChI is InChI=1S/C16H24O3/c1-5-18-16(19-6-2)11-15(17)14-9-7-13(8-10-14)12(3)4/h7-10,12,16H,5-6,11H2,1-4H3. The van der Waals surface area contributed by atoms with E-state index >= 15 is 0 Å². The fourth-order valence-corrected chi connectivity index (χ4v) is 1.86. The molecule has 0 bridgehead atoms. The van der Waals surface area contributed by atoms with E-state index < -0.39 is 6.29 Å². The molecule has 0 fully saturated rings. The molecule has 0 aliphatic heterocycles. The molecule has 3 heteroatoms. The van der Waals surface area contributed by atoms with Crippen molar-refractivity contribution in [2.45, 2.75) is 46.3 Å². The topological polar surface area (TPSA) is 35.5 Å². The van der Waals surface area contributed by atoms with Crippen LogP contribution in [0.25, 0.3) is 0 Å². The Hall–Kier alpha value is -1.19. The van der Waals surface area contributed by atoms with Gasteiger partial charge >= 0.3 is 0 Å². The molecule has 106 valence electrons. The monoisotopic (exact) mass is 264 g/mol. The van der Waals surface area contributed by atoms with Crippen molar-refractivity contribution in [1.82, 2.24) is 0 Å². The molecular weight excluding hydrogens is 240 g/mol. The molecule has 0 aliphatic carbocycles. The van der Waals surface area contributed by atoms with Crippen LogP contribution in [0.3, 0.4) is 0 Å². The highest BCUT2D eigenvalue weighted by atomic mass is 16.7. The number of hydrogen-bond donors (Lipinski definition) is 0. The van der Waals surface area contributed by atoms with Crippen molar-refractivity contribution in [1.29, 1.82) is 0 Å². The van der Waals surface area contributed by atoms with Crippen LogP contribution >= 0.6 is 0 Å². The van der Waals surface area contributed by atoms with E-state index in [1.165, 1.54) is 5.56 Å². The van der Waals surface area contributed by atoms with E-state index in [4.69, 9.17) is 9.47 Å². The molecule has 19 heavy (non-hydrogen) atoms. The highest BCUT2D eigenvalue weighted by molar-refractivity contribution is 5.96. The number of hydrogen-bond acceptors (Lipinski definition) is 3. The molecule has 0 amide bonds. The summed E-state index contributed by atoms with van der Waals surface area (Å²) in [6.07, 6.45) is -0.171. The van der Waals surface area contributed by atoms with Crippen molar-refractivity contribution in [3.63, 3.8) is 0 Å². The minimum atomic E-state index is -0.438. The first kappa shape index (κ1) is 15.9. The Kier molecular flexibility index (Phi) is 6.74. The Morgan fingerprint density at radius 1 is 1.05 bits per heavy atom. The maximum atomic E-state index is 12.1. The predicted molar refractivity (Wildman–Crippen MR) is 76.5 cm³/mol. The SMILES string of the molecule is CCOC(CC(=O)c1ccc(C(C)C)cc1)OCC. The van der Waals surface area contributed by atoms with E-state index in [2.05, 4.69) is 13.8 Å². The summed E-state index contributed by atoms with van der Waals surface area (Å²) in [4.78, 5) is 12.1. The third-order valence-electron chi connectivity index (χ3n) is 2.96. The van der Waals surface area contributed by atoms with Gasteiger partial charge in [-0.1, -0.05) is 38.1 Å². The smallest absolute Gasteiger partial charge is 0.167 e. The molecule has 1 aromatic carbocycles. The Bertz CT molecular complexity index is 375. The van der Waals surface area contributed by atoms with Crippen molar-refractivity contribution < 1.29 is 14.3 Å². The number of carbonyl (C=O) groups is 1. The summed E-state index contributed by atoms with van der Waals surface area (Å²) in [5, 5.41) is 0. The Morgan fingerprint density at radius 2 is 1.58 bits per heavy atom. The van der Waals surface area contributed by atoms with Crippen molar-refractivity contribution in [3.8, 4) is 0 Å². The lowest BCUT2D eigenvalue weighted by Crippen LogP contribution is -2.21. The van der Waals surface area contributed by atoms with Crippen LogP contribution in [0, 0.1) is 0 Å². The third kappa shape index (κ3) is 5.13. The maximum absolute atomic E-state index is 12.1. The van der Waals surface area contributed by atoms with Crippen LogP contribution in [-0.2, 0) is 9.47 Å². The summed E-state index contributed by atoms with van der Waals surface area (Å²) in [6.45, 7) is 9.16. The van der Waals surface area contributed by atoms with Crippen LogP contribution < -0.4 is 0 Å². The summed E-state index contributed by atoms with van der Waals surface area (Å²) in [7, 11) is 0. The van der Waals surface area contributed by atoms with E-state index in [1.54, 1.807) is 0 Å². The molecule has 0 radical (unpaired) electrons. The summed E-state index contributed by atoms with van der Waals surface area (Å²) >= 11 is 0. The normalized spacial score (nSPS) is 11.3. The minimum absolute atomic E-state index is 0.0576. The van der Waals surface area contributed by atoms with Crippen LogP contribution in [0.2, 0.25) is 0 Å². The summed E-state index contributed by atoms with van der Waals surface area (Å²) in [6, 6.07) is 7.78. The van der Waals surface area contributed by atoms with E-state index in [0.717, 1.165) is 0 Å². The minimum Gasteiger partial charge on any atom is -0.352 e. The van der Waals surface area contributed by atoms with Crippen molar-refractivity contribution in [2.75, 3.05) is 13.2 Å². The summed E-state index contributed by atoms with van der Waals surface area (Å²) in [5.41, 5.74) is 1.96. The van der Waals surface area contributed by atoms with E-state index in [-0.39, 0.29) is 12.2 Å². The zero-order valence-electron chi connectivity index (χ0n) is 12.3. The van der Waals surface area contributed by atoms with Gasteiger partial charge in [0.05, 0.1) is 6.42 Å². The quantitative estimate of drug-likeness (QED) is 0.529. The van der Waals surface area contributed by atoms with Crippen LogP contribution in [-0.4, -0.2) is 25.3 Å². The van der Waals surface area contributed by atoms with Gasteiger partial charge in [0.1, 0.15) is 0 Å². The second-order valence-electron chi connectivity index (χ2n) is 4.74. The maximum Gasteiger partial charge on any atom is 0.167 e. The second kappa shape index (κ2) is 8.08. The lowest BCUT2D eigenvalue weighted by Gasteiger charge is -2.16. The molecule has 0 aromatic heterocycles. The molecule has 0 saturated heterocycles. The lowest BCUT2D eigenvalue weighted by molar-refractivity contribution is -0.133. The molecular formula is C16H24O3. The van der Waals surface area contributed by atoms with Crippen LogP contribution in [0.5, 0.6) is 0 Å². The fourth-order valence-electron chi connectivity index (χ4n) is 1.86. The largest absolute Gasteiger partial charge is 0.352 e. The average Bonchev–Trinajstić information content (AvgIpc) is 2.39. The highest BCUT2D eigenvalue weighted by Crippen LogP contribution is 2.16. The van der Waals surface area contributed by atoms with Gasteiger partial charge in [-0.15, -0.1) is 0 Å². The average molecular weight is 264 g/mol. The van der Waals surface area contributed by atoms with Gasteiger partial charge in [-0.2, -0.15) is 0 Å². The molecule has 0 N–H and O–H groups in total. The van der Waals surface area contributed by atoms with Gasteiger partial charge in [-0.25, -0.2) is 0 Å². The van der Waals surface area contributed by atoms with Gasteiger partial charge in [0, 0.05) is 18.8 Å². The van der Waals surface area contributed by atoms with Gasteiger partial charge < -0.3 is 9.47 Å². The second-order valence-corrected chi connectivity index (χ2v) is 4.74. The number of carbonyl (C=O) groups excluding carboxylic acids is 1. The molecule has 0 aliphatic rings. The lowest BCUT2D eigenvalue weighted by atomic mass is 10.00. The van der Waals surface area contributed by atoms with Gasteiger partial charge in [-0.3, -0.25) is 4.79 Å². The molecule has 0 atom stereocenters. The number of rotatable bonds is 8. The molecule has 3 nitrogen and oxygen atoms in total. The van der Waals surface area contributed by atoms with Gasteiger partial charge in [0.15, 0.2) is 12.1 Å². The Morgan fingerprint density at radius 3 is 2.00 bits per heavy atom. The first-order valence-electron chi connectivity index (χ1n) is 6.94. The first-order valence-corrected chi connectivity index (χ1v) is 6.94. The zero-order chi connectivity index (χ0) is 14.3. The van der Waals surface area contributed by atoms with Crippen LogP contribution in [0.1, 0.15) is 56.0 Å². The van der Waals surface area contributed by atoms with E-state index in [0.29, 0.717) is 24.7 Å². The third-order valence-corrected chi connectivity index (χ3v) is 2.96. The van der Waals surface area contributed by atoms with Crippen LogP contribution in [0.4, 0.5) is 0 Å². The van der Waals surface area contributed by atoms with Gasteiger partial charge in [0.25, 0.3) is 0 Å². The summed E-state index contributed by atoms with van der Waals surface area (Å²) < 4.78 is 10.8. The fraction of sp³-hybridized carbons (Fsp3) is 0.562. The highest BCUT2D eigenvalue weighted by Gasteiger charge is 2.15. The molecule has 0 heterocycles. The van der Waals surface area contributed by atoms with Crippen molar-refractivity contribution >= 4 is 5.78 Å². The van der Waals surface area contributed by atoms with Gasteiger partial charge in [0.2, 0.25) is 0 Å². The Labute approximate surface area is 115 Å². The molecule has 0 spiro atoms. The zero-order valence-corrected chi connectivity index (χ0v) is 12.3. The molecule has 1 aromatic rings. The molecule has 0 saturated carbocycles. The van der Waals surface area contributed by atoms with Crippen LogP contribution in [0.15, 0.2) is 24.3 Å². The molecule has 0 unspecified atom stereocenters.